The van der Waals surface area contributed by atoms with Crippen LogP contribution in [0.4, 0.5) is 0 Å². The third kappa shape index (κ3) is 3.58. The zero-order valence-electron chi connectivity index (χ0n) is 14.0. The summed E-state index contributed by atoms with van der Waals surface area (Å²) >= 11 is 0. The van der Waals surface area contributed by atoms with Gasteiger partial charge in [-0.25, -0.2) is 10.1 Å². The van der Waals surface area contributed by atoms with E-state index in [1.54, 1.807) is 19.1 Å². The van der Waals surface area contributed by atoms with Crippen LogP contribution in [-0.2, 0) is 0 Å². The SMILES string of the molecule is Cc1ccc(C(=O)N/N=C/c2c(C)[nH]n(-c3ccccc3)c2=O)cc1. The van der Waals surface area contributed by atoms with Gasteiger partial charge < -0.3 is 0 Å². The van der Waals surface area contributed by atoms with E-state index in [9.17, 15) is 9.59 Å². The molecule has 0 saturated heterocycles. The van der Waals surface area contributed by atoms with E-state index in [4.69, 9.17) is 0 Å². The molecule has 2 aromatic carbocycles. The largest absolute Gasteiger partial charge is 0.295 e. The summed E-state index contributed by atoms with van der Waals surface area (Å²) < 4.78 is 1.44. The van der Waals surface area contributed by atoms with Crippen LogP contribution in [0.2, 0.25) is 0 Å². The van der Waals surface area contributed by atoms with Gasteiger partial charge in [0.25, 0.3) is 11.5 Å². The minimum absolute atomic E-state index is 0.225. The minimum atomic E-state index is -0.326. The molecule has 0 spiro atoms. The number of hydrogen-bond donors (Lipinski definition) is 2. The summed E-state index contributed by atoms with van der Waals surface area (Å²) in [6.45, 7) is 3.73. The van der Waals surface area contributed by atoms with Gasteiger partial charge in [0.2, 0.25) is 0 Å². The Labute approximate surface area is 144 Å². The molecule has 25 heavy (non-hydrogen) atoms. The van der Waals surface area contributed by atoms with E-state index in [0.717, 1.165) is 11.3 Å². The number of carbonyl (C=O) groups excluding carboxylic acids is 1. The molecule has 1 heterocycles. The molecule has 0 aliphatic carbocycles. The summed E-state index contributed by atoms with van der Waals surface area (Å²) in [6, 6.07) is 16.4. The summed E-state index contributed by atoms with van der Waals surface area (Å²) in [4.78, 5) is 24.5. The molecule has 3 aromatic rings. The predicted molar refractivity (Wildman–Crippen MR) is 97.4 cm³/mol. The Morgan fingerprint density at radius 1 is 1.08 bits per heavy atom. The van der Waals surface area contributed by atoms with E-state index in [-0.39, 0.29) is 11.5 Å². The molecule has 0 unspecified atom stereocenters. The Morgan fingerprint density at radius 2 is 1.76 bits per heavy atom. The molecule has 2 N–H and O–H groups in total. The third-order valence-electron chi connectivity index (χ3n) is 3.80. The summed E-state index contributed by atoms with van der Waals surface area (Å²) in [5, 5.41) is 6.92. The maximum absolute atomic E-state index is 12.5. The van der Waals surface area contributed by atoms with Gasteiger partial charge in [-0.2, -0.15) is 5.10 Å². The summed E-state index contributed by atoms with van der Waals surface area (Å²) in [6.07, 6.45) is 1.36. The normalized spacial score (nSPS) is 11.0. The molecule has 0 fully saturated rings. The maximum Gasteiger partial charge on any atom is 0.280 e. The molecule has 0 radical (unpaired) electrons. The van der Waals surface area contributed by atoms with Crippen LogP contribution in [0.3, 0.4) is 0 Å². The lowest BCUT2D eigenvalue weighted by molar-refractivity contribution is 0.0955. The molecule has 1 aromatic heterocycles. The highest BCUT2D eigenvalue weighted by Gasteiger charge is 2.10. The van der Waals surface area contributed by atoms with Gasteiger partial charge in [-0.3, -0.25) is 14.7 Å². The number of rotatable bonds is 4. The summed E-state index contributed by atoms with van der Waals surface area (Å²) in [7, 11) is 0. The molecule has 6 heteroatoms. The van der Waals surface area contributed by atoms with Gasteiger partial charge >= 0.3 is 0 Å². The number of nitrogens with one attached hydrogen (secondary N) is 2. The molecule has 0 atom stereocenters. The van der Waals surface area contributed by atoms with Crippen molar-refractivity contribution in [1.29, 1.82) is 0 Å². The first-order chi connectivity index (χ1) is 12.1. The fraction of sp³-hybridized carbons (Fsp3) is 0.105. The molecule has 0 saturated carbocycles. The van der Waals surface area contributed by atoms with Gasteiger partial charge in [0, 0.05) is 11.3 Å². The molecule has 0 aliphatic heterocycles. The lowest BCUT2D eigenvalue weighted by Crippen LogP contribution is -2.20. The maximum atomic E-state index is 12.5. The van der Waals surface area contributed by atoms with Crippen molar-refractivity contribution in [3.8, 4) is 5.69 Å². The number of H-pyrrole nitrogens is 1. The first-order valence-corrected chi connectivity index (χ1v) is 7.83. The van der Waals surface area contributed by atoms with Crippen LogP contribution in [-0.4, -0.2) is 21.9 Å². The molecule has 3 rings (SSSR count). The third-order valence-corrected chi connectivity index (χ3v) is 3.80. The lowest BCUT2D eigenvalue weighted by Gasteiger charge is -2.00. The summed E-state index contributed by atoms with van der Waals surface area (Å²) in [5.74, 6) is -0.326. The Balaban J connectivity index is 1.78. The van der Waals surface area contributed by atoms with Crippen molar-refractivity contribution in [2.75, 3.05) is 0 Å². The highest BCUT2D eigenvalue weighted by atomic mass is 16.2. The van der Waals surface area contributed by atoms with Gasteiger partial charge in [0.05, 0.1) is 17.5 Å². The van der Waals surface area contributed by atoms with Gasteiger partial charge in [0.15, 0.2) is 0 Å². The van der Waals surface area contributed by atoms with E-state index in [0.29, 0.717) is 16.8 Å². The van der Waals surface area contributed by atoms with E-state index < -0.39 is 0 Å². The van der Waals surface area contributed by atoms with Crippen molar-refractivity contribution < 1.29 is 4.79 Å². The second-order valence-electron chi connectivity index (χ2n) is 5.69. The molecular formula is C19H18N4O2. The van der Waals surface area contributed by atoms with E-state index in [1.807, 2.05) is 49.4 Å². The molecule has 126 valence electrons. The van der Waals surface area contributed by atoms with Crippen LogP contribution >= 0.6 is 0 Å². The quantitative estimate of drug-likeness (QED) is 0.568. The van der Waals surface area contributed by atoms with Crippen molar-refractivity contribution in [2.45, 2.75) is 13.8 Å². The monoisotopic (exact) mass is 334 g/mol. The average molecular weight is 334 g/mol. The van der Waals surface area contributed by atoms with E-state index in [2.05, 4.69) is 15.6 Å². The van der Waals surface area contributed by atoms with Gasteiger partial charge in [-0.05, 0) is 38.1 Å². The number of aromatic amines is 1. The number of aromatic nitrogens is 2. The Hall–Kier alpha value is -3.41. The molecule has 0 bridgehead atoms. The Kier molecular flexibility index (Phi) is 4.61. The number of nitrogens with zero attached hydrogens (tertiary/aromatic N) is 2. The average Bonchev–Trinajstić information content (AvgIpc) is 2.91. The second kappa shape index (κ2) is 7.00. The predicted octanol–water partition coefficient (Wildman–Crippen LogP) is 2.55. The number of hydrazone groups is 1. The van der Waals surface area contributed by atoms with E-state index >= 15 is 0 Å². The minimum Gasteiger partial charge on any atom is -0.295 e. The molecule has 0 aliphatic rings. The van der Waals surface area contributed by atoms with Gasteiger partial charge in [-0.1, -0.05) is 35.9 Å². The number of para-hydroxylation sites is 1. The van der Waals surface area contributed by atoms with Crippen LogP contribution in [0.1, 0.15) is 27.2 Å². The highest BCUT2D eigenvalue weighted by Crippen LogP contribution is 2.06. The summed E-state index contributed by atoms with van der Waals surface area (Å²) in [5.41, 5.74) is 5.60. The Bertz CT molecular complexity index is 967. The fourth-order valence-electron chi connectivity index (χ4n) is 2.40. The van der Waals surface area contributed by atoms with Crippen LogP contribution < -0.4 is 11.0 Å². The smallest absolute Gasteiger partial charge is 0.280 e. The van der Waals surface area contributed by atoms with Crippen molar-refractivity contribution in [3.63, 3.8) is 0 Å². The number of carbonyl (C=O) groups is 1. The topological polar surface area (TPSA) is 79.2 Å². The first kappa shape index (κ1) is 16.4. The van der Waals surface area contributed by atoms with Crippen LogP contribution in [0.5, 0.6) is 0 Å². The second-order valence-corrected chi connectivity index (χ2v) is 5.69. The fourth-order valence-corrected chi connectivity index (χ4v) is 2.40. The van der Waals surface area contributed by atoms with Gasteiger partial charge in [-0.15, -0.1) is 0 Å². The zero-order chi connectivity index (χ0) is 17.8. The first-order valence-electron chi connectivity index (χ1n) is 7.83. The van der Waals surface area contributed by atoms with Crippen LogP contribution in [0, 0.1) is 13.8 Å². The Morgan fingerprint density at radius 3 is 2.44 bits per heavy atom. The zero-order valence-corrected chi connectivity index (χ0v) is 14.0. The standard InChI is InChI=1S/C19H18N4O2/c1-13-8-10-15(11-9-13)18(24)21-20-12-17-14(2)22-23(19(17)25)16-6-4-3-5-7-16/h3-12,22H,1-2H3,(H,21,24)/b20-12+. The lowest BCUT2D eigenvalue weighted by atomic mass is 10.1. The highest BCUT2D eigenvalue weighted by molar-refractivity contribution is 5.94. The van der Waals surface area contributed by atoms with Crippen molar-refractivity contribution in [2.24, 2.45) is 5.10 Å². The van der Waals surface area contributed by atoms with E-state index in [1.165, 1.54) is 10.9 Å². The number of aryl methyl sites for hydroxylation is 2. The van der Waals surface area contributed by atoms with Crippen LogP contribution in [0.25, 0.3) is 5.69 Å². The van der Waals surface area contributed by atoms with Crippen molar-refractivity contribution in [1.82, 2.24) is 15.2 Å². The number of hydrogen-bond acceptors (Lipinski definition) is 3. The van der Waals surface area contributed by atoms with Crippen molar-refractivity contribution in [3.05, 3.63) is 87.3 Å². The molecule has 6 nitrogen and oxygen atoms in total. The number of amides is 1. The molecule has 1 amide bonds. The number of benzene rings is 2. The van der Waals surface area contributed by atoms with Gasteiger partial charge in [0.1, 0.15) is 0 Å². The molecular weight excluding hydrogens is 316 g/mol. The van der Waals surface area contributed by atoms with Crippen molar-refractivity contribution >= 4 is 12.1 Å². The van der Waals surface area contributed by atoms with Crippen LogP contribution in [0.15, 0.2) is 64.5 Å².